The highest BCUT2D eigenvalue weighted by Crippen LogP contribution is 2.36. The van der Waals surface area contributed by atoms with Gasteiger partial charge in [-0.15, -0.1) is 4.40 Å². The van der Waals surface area contributed by atoms with Crippen LogP contribution in [-0.4, -0.2) is 46.3 Å². The molecule has 0 aromatic heterocycles. The molecule has 0 aliphatic carbocycles. The fraction of sp³-hybridized carbons (Fsp3) is 0.235. The lowest BCUT2D eigenvalue weighted by atomic mass is 10.1. The maximum absolute atomic E-state index is 12.8. The van der Waals surface area contributed by atoms with Crippen molar-refractivity contribution in [1.82, 2.24) is 0 Å². The van der Waals surface area contributed by atoms with Gasteiger partial charge in [-0.25, -0.2) is 4.31 Å². The number of fused-ring (bicyclic) bond motifs is 1. The number of hydrogen-bond acceptors (Lipinski definition) is 2. The Morgan fingerprint density at radius 1 is 0.957 bits per heavy atom. The predicted octanol–water partition coefficient (Wildman–Crippen LogP) is 2.58. The molecule has 0 unspecified atom stereocenters. The molecule has 5 nitrogen and oxygen atoms in total. The highest BCUT2D eigenvalue weighted by atomic mass is 32.2. The van der Waals surface area contributed by atoms with Crippen molar-refractivity contribution in [2.75, 3.05) is 32.0 Å². The van der Waals surface area contributed by atoms with Gasteiger partial charge in [0.2, 0.25) is 0 Å². The Morgan fingerprint density at radius 3 is 2.22 bits per heavy atom. The molecule has 1 aliphatic heterocycles. The molecule has 0 saturated heterocycles. The van der Waals surface area contributed by atoms with E-state index in [9.17, 15) is 8.42 Å². The van der Waals surface area contributed by atoms with Crippen LogP contribution in [0.4, 0.5) is 11.4 Å². The first-order valence-corrected chi connectivity index (χ1v) is 8.77. The molecular formula is C17H20N3O2S+. The first kappa shape index (κ1) is 15.7. The lowest BCUT2D eigenvalue weighted by molar-refractivity contribution is -0.860. The smallest absolute Gasteiger partial charge is 0.326 e. The van der Waals surface area contributed by atoms with E-state index in [1.165, 1.54) is 4.31 Å². The number of para-hydroxylation sites is 2. The summed E-state index contributed by atoms with van der Waals surface area (Å²) in [6.07, 6.45) is 0. The SMILES string of the molecule is C[N+](C)(C)CC1=NS(=O)(=O)N(c2ccccc2)c2ccccc21. The summed E-state index contributed by atoms with van der Waals surface area (Å²) in [6, 6.07) is 16.5. The minimum Gasteiger partial charge on any atom is -0.326 e. The van der Waals surface area contributed by atoms with E-state index in [1.54, 1.807) is 12.1 Å². The van der Waals surface area contributed by atoms with Crippen LogP contribution < -0.4 is 4.31 Å². The van der Waals surface area contributed by atoms with E-state index < -0.39 is 10.2 Å². The van der Waals surface area contributed by atoms with E-state index >= 15 is 0 Å². The Bertz CT molecular complexity index is 853. The maximum Gasteiger partial charge on any atom is 0.349 e. The summed E-state index contributed by atoms with van der Waals surface area (Å²) in [6.45, 7) is 0.541. The number of quaternary nitrogens is 1. The van der Waals surface area contributed by atoms with Crippen LogP contribution in [0.3, 0.4) is 0 Å². The van der Waals surface area contributed by atoms with Crippen molar-refractivity contribution < 1.29 is 12.9 Å². The van der Waals surface area contributed by atoms with Crippen LogP contribution in [0, 0.1) is 0 Å². The van der Waals surface area contributed by atoms with Gasteiger partial charge in [-0.1, -0.05) is 36.4 Å². The molecule has 23 heavy (non-hydrogen) atoms. The number of anilines is 2. The van der Waals surface area contributed by atoms with Crippen LogP contribution in [0.1, 0.15) is 5.56 Å². The molecule has 2 aromatic carbocycles. The molecule has 0 amide bonds. The van der Waals surface area contributed by atoms with Crippen LogP contribution in [0.15, 0.2) is 59.0 Å². The molecule has 0 fully saturated rings. The lowest BCUT2D eigenvalue weighted by Crippen LogP contribution is -2.42. The van der Waals surface area contributed by atoms with Gasteiger partial charge in [0, 0.05) is 5.56 Å². The first-order valence-electron chi connectivity index (χ1n) is 7.37. The Morgan fingerprint density at radius 2 is 1.57 bits per heavy atom. The molecule has 3 rings (SSSR count). The van der Waals surface area contributed by atoms with E-state index in [2.05, 4.69) is 4.40 Å². The molecule has 120 valence electrons. The minimum absolute atomic E-state index is 0.541. The van der Waals surface area contributed by atoms with E-state index in [0.717, 1.165) is 5.56 Å². The molecule has 0 spiro atoms. The summed E-state index contributed by atoms with van der Waals surface area (Å²) in [4.78, 5) is 0. The summed E-state index contributed by atoms with van der Waals surface area (Å²) < 4.78 is 31.6. The van der Waals surface area contributed by atoms with E-state index in [-0.39, 0.29) is 0 Å². The van der Waals surface area contributed by atoms with Crippen molar-refractivity contribution in [2.45, 2.75) is 0 Å². The minimum atomic E-state index is -3.80. The molecule has 0 saturated carbocycles. The number of hydrogen-bond donors (Lipinski definition) is 0. The standard InChI is InChI=1S/C17H20N3O2S/c1-20(2,3)13-16-15-11-7-8-12-17(15)19(23(21,22)18-16)14-9-5-4-6-10-14/h4-12H,13H2,1-3H3/q+1. The zero-order chi connectivity index (χ0) is 16.7. The molecule has 1 heterocycles. The zero-order valence-electron chi connectivity index (χ0n) is 13.5. The summed E-state index contributed by atoms with van der Waals surface area (Å²) in [5.41, 5.74) is 2.70. The Hall–Kier alpha value is -2.18. The van der Waals surface area contributed by atoms with Gasteiger partial charge < -0.3 is 4.48 Å². The summed E-state index contributed by atoms with van der Waals surface area (Å²) in [5, 5.41) is 0. The van der Waals surface area contributed by atoms with E-state index in [0.29, 0.717) is 28.1 Å². The molecule has 0 bridgehead atoms. The molecule has 6 heteroatoms. The van der Waals surface area contributed by atoms with Crippen LogP contribution in [-0.2, 0) is 10.2 Å². The lowest BCUT2D eigenvalue weighted by Gasteiger charge is -2.31. The van der Waals surface area contributed by atoms with Crippen molar-refractivity contribution in [2.24, 2.45) is 4.40 Å². The van der Waals surface area contributed by atoms with Crippen LogP contribution in [0.25, 0.3) is 0 Å². The molecule has 1 aliphatic rings. The molecule has 0 N–H and O–H groups in total. The third kappa shape index (κ3) is 3.13. The Kier molecular flexibility index (Phi) is 3.74. The number of nitrogens with zero attached hydrogens (tertiary/aromatic N) is 3. The number of likely N-dealkylation sites (N-methyl/N-ethyl adjacent to an activating group) is 1. The van der Waals surface area contributed by atoms with Gasteiger partial charge in [-0.3, -0.25) is 0 Å². The average molecular weight is 330 g/mol. The predicted molar refractivity (Wildman–Crippen MR) is 93.4 cm³/mol. The van der Waals surface area contributed by atoms with Crippen LogP contribution in [0.5, 0.6) is 0 Å². The van der Waals surface area contributed by atoms with E-state index in [4.69, 9.17) is 0 Å². The fourth-order valence-electron chi connectivity index (χ4n) is 2.65. The van der Waals surface area contributed by atoms with Crippen LogP contribution in [0.2, 0.25) is 0 Å². The largest absolute Gasteiger partial charge is 0.349 e. The summed E-state index contributed by atoms with van der Waals surface area (Å²) >= 11 is 0. The van der Waals surface area contributed by atoms with Gasteiger partial charge in [-0.05, 0) is 18.2 Å². The van der Waals surface area contributed by atoms with Crippen molar-refractivity contribution in [1.29, 1.82) is 0 Å². The molecule has 0 radical (unpaired) electrons. The number of benzene rings is 2. The van der Waals surface area contributed by atoms with E-state index in [1.807, 2.05) is 63.6 Å². The van der Waals surface area contributed by atoms with Gasteiger partial charge in [0.1, 0.15) is 12.3 Å². The summed E-state index contributed by atoms with van der Waals surface area (Å²) in [5.74, 6) is 0. The monoisotopic (exact) mass is 330 g/mol. The summed E-state index contributed by atoms with van der Waals surface area (Å²) in [7, 11) is 2.25. The highest BCUT2D eigenvalue weighted by molar-refractivity contribution is 7.92. The maximum atomic E-state index is 12.8. The second-order valence-corrected chi connectivity index (χ2v) is 8.02. The fourth-order valence-corrected chi connectivity index (χ4v) is 3.96. The van der Waals surface area contributed by atoms with Crippen LogP contribution >= 0.6 is 0 Å². The molecule has 2 aromatic rings. The van der Waals surface area contributed by atoms with Crippen molar-refractivity contribution in [3.8, 4) is 0 Å². The van der Waals surface area contributed by atoms with Gasteiger partial charge in [0.05, 0.1) is 32.5 Å². The van der Waals surface area contributed by atoms with Gasteiger partial charge >= 0.3 is 10.2 Å². The molecule has 0 atom stereocenters. The quantitative estimate of drug-likeness (QED) is 0.812. The second-order valence-electron chi connectivity index (χ2n) is 6.58. The number of rotatable bonds is 3. The van der Waals surface area contributed by atoms with Crippen molar-refractivity contribution >= 4 is 27.3 Å². The third-order valence-corrected chi connectivity index (χ3v) is 4.82. The first-order chi connectivity index (χ1) is 10.8. The Labute approximate surface area is 137 Å². The van der Waals surface area contributed by atoms with Gasteiger partial charge in [-0.2, -0.15) is 8.42 Å². The van der Waals surface area contributed by atoms with Gasteiger partial charge in [0.15, 0.2) is 0 Å². The highest BCUT2D eigenvalue weighted by Gasteiger charge is 2.34. The average Bonchev–Trinajstić information content (AvgIpc) is 2.46. The van der Waals surface area contributed by atoms with Crippen molar-refractivity contribution in [3.05, 3.63) is 60.2 Å². The third-order valence-electron chi connectivity index (χ3n) is 3.50. The Balaban J connectivity index is 2.20. The second kappa shape index (κ2) is 5.47. The zero-order valence-corrected chi connectivity index (χ0v) is 14.3. The normalized spacial score (nSPS) is 16.7. The molecular weight excluding hydrogens is 310 g/mol. The van der Waals surface area contributed by atoms with Gasteiger partial charge in [0.25, 0.3) is 0 Å². The van der Waals surface area contributed by atoms with Crippen molar-refractivity contribution in [3.63, 3.8) is 0 Å². The topological polar surface area (TPSA) is 49.7 Å².